The van der Waals surface area contributed by atoms with Crippen LogP contribution < -0.4 is 0 Å². The van der Waals surface area contributed by atoms with E-state index in [1.54, 1.807) is 0 Å². The van der Waals surface area contributed by atoms with Crippen LogP contribution in [0, 0.1) is 0 Å². The van der Waals surface area contributed by atoms with E-state index in [0.717, 1.165) is 49.7 Å². The number of hydrogen-bond acceptors (Lipinski definition) is 4. The Bertz CT molecular complexity index is 621. The van der Waals surface area contributed by atoms with Gasteiger partial charge in [-0.2, -0.15) is 0 Å². The molecule has 0 aliphatic carbocycles. The fourth-order valence-corrected chi connectivity index (χ4v) is 4.73. The van der Waals surface area contributed by atoms with Gasteiger partial charge in [-0.25, -0.2) is 4.79 Å². The highest BCUT2D eigenvalue weighted by atomic mass is 79.9. The summed E-state index contributed by atoms with van der Waals surface area (Å²) in [6.45, 7) is 7.94. The molecule has 3 aliphatic heterocycles. The molecule has 4 nitrogen and oxygen atoms in total. The summed E-state index contributed by atoms with van der Waals surface area (Å²) >= 11 is 3.81. The summed E-state index contributed by atoms with van der Waals surface area (Å²) in [4.78, 5) is 12.2. The molecule has 0 aromatic heterocycles. The smallest absolute Gasteiger partial charge is 0.334 e. The second-order valence-corrected chi connectivity index (χ2v) is 9.42. The van der Waals surface area contributed by atoms with Crippen LogP contribution >= 0.6 is 15.9 Å². The molecule has 3 aliphatic rings. The number of alkyl halides is 1. The fourth-order valence-electron chi connectivity index (χ4n) is 4.16. The molecule has 3 heterocycles. The van der Waals surface area contributed by atoms with Crippen molar-refractivity contribution in [3.63, 3.8) is 0 Å². The molecule has 0 radical (unpaired) electrons. The number of aliphatic hydroxyl groups is 1. The third-order valence-corrected chi connectivity index (χ3v) is 7.59. The first-order valence-corrected chi connectivity index (χ1v) is 10.2. The van der Waals surface area contributed by atoms with Gasteiger partial charge >= 0.3 is 5.97 Å². The summed E-state index contributed by atoms with van der Waals surface area (Å²) in [5, 5.41) is 10.9. The molecule has 0 unspecified atom stereocenters. The van der Waals surface area contributed by atoms with Crippen LogP contribution in [-0.2, 0) is 14.3 Å². The lowest BCUT2D eigenvalue weighted by Gasteiger charge is -2.38. The molecule has 2 bridgehead atoms. The van der Waals surface area contributed by atoms with Gasteiger partial charge in [-0.15, -0.1) is 0 Å². The maximum absolute atomic E-state index is 12.0. The normalized spacial score (nSPS) is 45.0. The van der Waals surface area contributed by atoms with Gasteiger partial charge < -0.3 is 14.6 Å². The highest BCUT2D eigenvalue weighted by Gasteiger charge is 2.46. The Morgan fingerprint density at radius 1 is 1.20 bits per heavy atom. The second kappa shape index (κ2) is 6.82. The van der Waals surface area contributed by atoms with E-state index >= 15 is 0 Å². The number of fused-ring (bicyclic) bond motifs is 3. The molecule has 1 fully saturated rings. The van der Waals surface area contributed by atoms with Crippen LogP contribution in [0.15, 0.2) is 22.8 Å². The minimum atomic E-state index is -0.824. The van der Waals surface area contributed by atoms with Crippen LogP contribution in [0.4, 0.5) is 0 Å². The Hall–Kier alpha value is -0.650. The van der Waals surface area contributed by atoms with Crippen LogP contribution in [0.2, 0.25) is 0 Å². The van der Waals surface area contributed by atoms with Crippen molar-refractivity contribution in [1.29, 1.82) is 0 Å². The summed E-state index contributed by atoms with van der Waals surface area (Å²) in [7, 11) is 0. The third-order valence-electron chi connectivity index (χ3n) is 6.16. The molecule has 25 heavy (non-hydrogen) atoms. The fraction of sp³-hybridized carbons (Fsp3) is 0.750. The first kappa shape index (κ1) is 19.1. The molecule has 1 N–H and O–H groups in total. The Kier molecular flexibility index (Phi) is 5.22. The topological polar surface area (TPSA) is 55.8 Å². The molecule has 5 heteroatoms. The van der Waals surface area contributed by atoms with Crippen LogP contribution in [0.3, 0.4) is 0 Å². The quantitative estimate of drug-likeness (QED) is 0.367. The average Bonchev–Trinajstić information content (AvgIpc) is 2.74. The molecule has 0 spiro atoms. The predicted octanol–water partition coefficient (Wildman–Crippen LogP) is 4.20. The van der Waals surface area contributed by atoms with E-state index in [4.69, 9.17) is 9.47 Å². The van der Waals surface area contributed by atoms with Gasteiger partial charge in [-0.3, -0.25) is 0 Å². The van der Waals surface area contributed by atoms with Gasteiger partial charge in [0.25, 0.3) is 0 Å². The van der Waals surface area contributed by atoms with Gasteiger partial charge in [0.2, 0.25) is 0 Å². The van der Waals surface area contributed by atoms with E-state index in [-0.39, 0.29) is 28.6 Å². The largest absolute Gasteiger partial charge is 0.450 e. The van der Waals surface area contributed by atoms with Crippen LogP contribution in [0.25, 0.3) is 0 Å². The summed E-state index contributed by atoms with van der Waals surface area (Å²) in [6, 6.07) is 0. The summed E-state index contributed by atoms with van der Waals surface area (Å²) in [6.07, 6.45) is 6.36. The summed E-state index contributed by atoms with van der Waals surface area (Å²) in [5.74, 6) is -0.204. The molecule has 1 saturated heterocycles. The van der Waals surface area contributed by atoms with Crippen molar-refractivity contribution in [2.45, 2.75) is 94.5 Å². The Labute approximate surface area is 158 Å². The van der Waals surface area contributed by atoms with Crippen molar-refractivity contribution in [3.05, 3.63) is 22.8 Å². The Balaban J connectivity index is 1.97. The van der Waals surface area contributed by atoms with E-state index in [0.29, 0.717) is 0 Å². The highest BCUT2D eigenvalue weighted by Crippen LogP contribution is 2.43. The van der Waals surface area contributed by atoms with Crippen molar-refractivity contribution in [1.82, 2.24) is 0 Å². The van der Waals surface area contributed by atoms with Gasteiger partial charge in [-0.05, 0) is 77.9 Å². The van der Waals surface area contributed by atoms with E-state index < -0.39 is 5.60 Å². The lowest BCUT2D eigenvalue weighted by molar-refractivity contribution is -0.153. The van der Waals surface area contributed by atoms with E-state index in [2.05, 4.69) is 35.9 Å². The molecule has 3 rings (SSSR count). The van der Waals surface area contributed by atoms with Gasteiger partial charge in [0, 0.05) is 10.4 Å². The molecular weight excluding hydrogens is 384 g/mol. The van der Waals surface area contributed by atoms with Gasteiger partial charge in [0.1, 0.15) is 6.10 Å². The highest BCUT2D eigenvalue weighted by molar-refractivity contribution is 9.09. The number of ether oxygens (including phenoxy) is 2. The monoisotopic (exact) mass is 412 g/mol. The van der Waals surface area contributed by atoms with Gasteiger partial charge in [0.05, 0.1) is 17.3 Å². The zero-order valence-corrected chi connectivity index (χ0v) is 17.2. The van der Waals surface area contributed by atoms with Crippen LogP contribution in [0.5, 0.6) is 0 Å². The Morgan fingerprint density at radius 2 is 1.92 bits per heavy atom. The maximum atomic E-state index is 12.0. The average molecular weight is 413 g/mol. The Morgan fingerprint density at radius 3 is 2.64 bits per heavy atom. The van der Waals surface area contributed by atoms with Crippen LogP contribution in [0.1, 0.15) is 66.2 Å². The first-order chi connectivity index (χ1) is 11.6. The van der Waals surface area contributed by atoms with Crippen LogP contribution in [-0.4, -0.2) is 39.3 Å². The summed E-state index contributed by atoms with van der Waals surface area (Å²) in [5.41, 5.74) is 1.78. The predicted molar refractivity (Wildman–Crippen MR) is 101 cm³/mol. The van der Waals surface area contributed by atoms with E-state index in [9.17, 15) is 9.90 Å². The van der Waals surface area contributed by atoms with Gasteiger partial charge in [-0.1, -0.05) is 21.5 Å². The number of carbonyl (C=O) groups excluding carboxylic acids is 1. The molecular formula is C20H29BrO4. The molecule has 0 amide bonds. The second-order valence-electron chi connectivity index (χ2n) is 8.31. The lowest BCUT2D eigenvalue weighted by atomic mass is 9.87. The maximum Gasteiger partial charge on any atom is 0.334 e. The molecule has 0 aromatic rings. The van der Waals surface area contributed by atoms with E-state index in [1.807, 2.05) is 13.8 Å². The number of esters is 1. The first-order valence-electron chi connectivity index (χ1n) is 9.24. The minimum Gasteiger partial charge on any atom is -0.450 e. The SMILES string of the molecule is CC1=C2CC[C@]3(C)O[C@@H](CC/C(C)=C/[C@@H]2OC1=O)[C@@](C)(O)CC[C@@H]3Br. The van der Waals surface area contributed by atoms with E-state index in [1.165, 1.54) is 5.57 Å². The van der Waals surface area contributed by atoms with Crippen molar-refractivity contribution >= 4 is 21.9 Å². The molecule has 140 valence electrons. The standard InChI is InChI=1S/C20H29BrO4/c1-12-5-6-17-19(3,23)9-8-16(21)20(4,25-17)10-7-14-13(2)18(22)24-15(14)11-12/h11,15-17,23H,5-10H2,1-4H3/b12-11+/t15-,16-,17-,19-,20-/m0/s1. The number of hydrogen-bond donors (Lipinski definition) is 1. The molecule has 0 aromatic carbocycles. The van der Waals surface area contributed by atoms with Crippen molar-refractivity contribution < 1.29 is 19.4 Å². The zero-order chi connectivity index (χ0) is 18.4. The van der Waals surface area contributed by atoms with Gasteiger partial charge in [0.15, 0.2) is 0 Å². The van der Waals surface area contributed by atoms with Crippen molar-refractivity contribution in [2.75, 3.05) is 0 Å². The summed E-state index contributed by atoms with van der Waals surface area (Å²) < 4.78 is 12.1. The third kappa shape index (κ3) is 3.74. The zero-order valence-electron chi connectivity index (χ0n) is 15.6. The van der Waals surface area contributed by atoms with Crippen molar-refractivity contribution in [2.24, 2.45) is 0 Å². The lowest BCUT2D eigenvalue weighted by Crippen LogP contribution is -2.46. The number of allylic oxidation sites excluding steroid dienone is 1. The van der Waals surface area contributed by atoms with Crippen molar-refractivity contribution in [3.8, 4) is 0 Å². The number of rotatable bonds is 0. The number of halogens is 1. The molecule has 0 saturated carbocycles. The minimum absolute atomic E-state index is 0.170. The molecule has 5 atom stereocenters. The number of carbonyl (C=O) groups is 1.